The summed E-state index contributed by atoms with van der Waals surface area (Å²) in [7, 11) is 0. The lowest BCUT2D eigenvalue weighted by atomic mass is 9.99. The maximum atomic E-state index is 12.9. The van der Waals surface area contributed by atoms with E-state index in [0.717, 1.165) is 65.0 Å². The number of carbonyl (C=O) groups excluding carboxylic acids is 1. The molecule has 0 aliphatic carbocycles. The third-order valence-electron chi connectivity index (χ3n) is 5.88. The molecule has 2 aliphatic rings. The molecule has 1 aromatic carbocycles. The second kappa shape index (κ2) is 10.1. The van der Waals surface area contributed by atoms with Crippen molar-refractivity contribution in [3.8, 4) is 0 Å². The molecule has 144 valence electrons. The first-order valence-electron chi connectivity index (χ1n) is 10.5. The molecule has 3 rings (SSSR count). The smallest absolute Gasteiger partial charge is 0.222 e. The van der Waals surface area contributed by atoms with Gasteiger partial charge in [-0.15, -0.1) is 0 Å². The van der Waals surface area contributed by atoms with E-state index in [4.69, 9.17) is 0 Å². The van der Waals surface area contributed by atoms with Gasteiger partial charge in [0.15, 0.2) is 0 Å². The molecule has 0 bridgehead atoms. The Bertz CT molecular complexity index is 542. The van der Waals surface area contributed by atoms with Crippen LogP contribution in [0.3, 0.4) is 0 Å². The third kappa shape index (κ3) is 5.55. The van der Waals surface area contributed by atoms with Gasteiger partial charge in [0.2, 0.25) is 5.91 Å². The first kappa shape index (κ1) is 19.4. The molecule has 2 heterocycles. The SMILES string of the molecule is CCCN(C(=O)CCC1CCNC1)C1CCCN(Cc2ccccc2)C1. The highest BCUT2D eigenvalue weighted by Crippen LogP contribution is 2.21. The number of piperidine rings is 1. The first-order valence-corrected chi connectivity index (χ1v) is 10.5. The summed E-state index contributed by atoms with van der Waals surface area (Å²) in [5.74, 6) is 1.08. The molecular formula is C22H35N3O. The monoisotopic (exact) mass is 357 g/mol. The van der Waals surface area contributed by atoms with Crippen LogP contribution in [0.4, 0.5) is 0 Å². The van der Waals surface area contributed by atoms with E-state index in [1.165, 1.54) is 18.4 Å². The summed E-state index contributed by atoms with van der Waals surface area (Å²) in [6.07, 6.45) is 6.40. The number of carbonyl (C=O) groups is 1. The maximum Gasteiger partial charge on any atom is 0.222 e. The normalized spacial score (nSPS) is 23.9. The van der Waals surface area contributed by atoms with Gasteiger partial charge < -0.3 is 10.2 Å². The van der Waals surface area contributed by atoms with Gasteiger partial charge in [-0.3, -0.25) is 9.69 Å². The highest BCUT2D eigenvalue weighted by Gasteiger charge is 2.28. The average molecular weight is 358 g/mol. The largest absolute Gasteiger partial charge is 0.338 e. The summed E-state index contributed by atoms with van der Waals surface area (Å²) in [6.45, 7) is 8.47. The van der Waals surface area contributed by atoms with Crippen LogP contribution in [0, 0.1) is 5.92 Å². The fraction of sp³-hybridized carbons (Fsp3) is 0.682. The maximum absolute atomic E-state index is 12.9. The van der Waals surface area contributed by atoms with Crippen LogP contribution in [0.25, 0.3) is 0 Å². The van der Waals surface area contributed by atoms with Crippen molar-refractivity contribution in [3.63, 3.8) is 0 Å². The number of nitrogens with zero attached hydrogens (tertiary/aromatic N) is 2. The van der Waals surface area contributed by atoms with Crippen molar-refractivity contribution in [3.05, 3.63) is 35.9 Å². The topological polar surface area (TPSA) is 35.6 Å². The van der Waals surface area contributed by atoms with Crippen molar-refractivity contribution in [1.29, 1.82) is 0 Å². The molecule has 2 aliphatic heterocycles. The van der Waals surface area contributed by atoms with Gasteiger partial charge in [0.25, 0.3) is 0 Å². The van der Waals surface area contributed by atoms with Gasteiger partial charge in [-0.1, -0.05) is 37.3 Å². The number of hydrogen-bond donors (Lipinski definition) is 1. The minimum Gasteiger partial charge on any atom is -0.338 e. The van der Waals surface area contributed by atoms with Crippen molar-refractivity contribution in [1.82, 2.24) is 15.1 Å². The van der Waals surface area contributed by atoms with Crippen LogP contribution in [0.5, 0.6) is 0 Å². The van der Waals surface area contributed by atoms with E-state index in [9.17, 15) is 4.79 Å². The summed E-state index contributed by atoms with van der Waals surface area (Å²) in [6, 6.07) is 11.1. The van der Waals surface area contributed by atoms with Crippen LogP contribution < -0.4 is 5.32 Å². The van der Waals surface area contributed by atoms with Crippen LogP contribution in [0.2, 0.25) is 0 Å². The fourth-order valence-corrected chi connectivity index (χ4v) is 4.45. The van der Waals surface area contributed by atoms with E-state index in [1.54, 1.807) is 0 Å². The Morgan fingerprint density at radius 1 is 1.27 bits per heavy atom. The molecule has 0 spiro atoms. The highest BCUT2D eigenvalue weighted by atomic mass is 16.2. The Kier molecular flexibility index (Phi) is 7.51. The average Bonchev–Trinajstić information content (AvgIpc) is 3.19. The van der Waals surface area contributed by atoms with E-state index in [-0.39, 0.29) is 0 Å². The van der Waals surface area contributed by atoms with Crippen LogP contribution >= 0.6 is 0 Å². The minimum atomic E-state index is 0.380. The van der Waals surface area contributed by atoms with Crippen molar-refractivity contribution < 1.29 is 4.79 Å². The van der Waals surface area contributed by atoms with Gasteiger partial charge in [0, 0.05) is 32.1 Å². The number of benzene rings is 1. The fourth-order valence-electron chi connectivity index (χ4n) is 4.45. The molecule has 2 atom stereocenters. The summed E-state index contributed by atoms with van der Waals surface area (Å²) in [4.78, 5) is 17.7. The van der Waals surface area contributed by atoms with Crippen LogP contribution in [-0.4, -0.2) is 54.5 Å². The molecule has 26 heavy (non-hydrogen) atoms. The molecule has 1 N–H and O–H groups in total. The molecule has 0 saturated carbocycles. The predicted molar refractivity (Wildman–Crippen MR) is 107 cm³/mol. The van der Waals surface area contributed by atoms with Gasteiger partial charge in [-0.2, -0.15) is 0 Å². The van der Waals surface area contributed by atoms with Gasteiger partial charge in [-0.05, 0) is 63.2 Å². The molecule has 2 unspecified atom stereocenters. The van der Waals surface area contributed by atoms with Gasteiger partial charge >= 0.3 is 0 Å². The Balaban J connectivity index is 1.54. The van der Waals surface area contributed by atoms with Crippen LogP contribution in [0.1, 0.15) is 51.0 Å². The molecule has 1 aromatic rings. The van der Waals surface area contributed by atoms with Crippen LogP contribution in [0.15, 0.2) is 30.3 Å². The minimum absolute atomic E-state index is 0.380. The van der Waals surface area contributed by atoms with Crippen molar-refractivity contribution in [2.24, 2.45) is 5.92 Å². The molecule has 0 aromatic heterocycles. The number of rotatable bonds is 8. The highest BCUT2D eigenvalue weighted by molar-refractivity contribution is 5.76. The summed E-state index contributed by atoms with van der Waals surface area (Å²) in [5.41, 5.74) is 1.37. The van der Waals surface area contributed by atoms with E-state index in [0.29, 0.717) is 17.9 Å². The zero-order chi connectivity index (χ0) is 18.2. The first-order chi connectivity index (χ1) is 12.8. The van der Waals surface area contributed by atoms with Gasteiger partial charge in [0.05, 0.1) is 0 Å². The standard InChI is InChI=1S/C22H35N3O/c1-2-14-25(22(26)11-10-19-12-13-23-16-19)21-9-6-15-24(18-21)17-20-7-4-3-5-8-20/h3-5,7-8,19,21,23H,2,6,9-18H2,1H3. The number of hydrogen-bond acceptors (Lipinski definition) is 3. The van der Waals surface area contributed by atoms with E-state index in [1.807, 2.05) is 0 Å². The molecule has 4 nitrogen and oxygen atoms in total. The third-order valence-corrected chi connectivity index (χ3v) is 5.88. The van der Waals surface area contributed by atoms with Crippen molar-refractivity contribution >= 4 is 5.91 Å². The Labute approximate surface area is 158 Å². The summed E-state index contributed by atoms with van der Waals surface area (Å²) in [5, 5.41) is 3.41. The van der Waals surface area contributed by atoms with Crippen LogP contribution in [-0.2, 0) is 11.3 Å². The Hall–Kier alpha value is -1.39. The quantitative estimate of drug-likeness (QED) is 0.775. The lowest BCUT2D eigenvalue weighted by molar-refractivity contribution is -0.135. The second-order valence-corrected chi connectivity index (χ2v) is 8.00. The molecule has 2 fully saturated rings. The summed E-state index contributed by atoms with van der Waals surface area (Å²) < 4.78 is 0. The molecule has 0 radical (unpaired) electrons. The zero-order valence-corrected chi connectivity index (χ0v) is 16.3. The van der Waals surface area contributed by atoms with E-state index < -0.39 is 0 Å². The zero-order valence-electron chi connectivity index (χ0n) is 16.3. The summed E-state index contributed by atoms with van der Waals surface area (Å²) >= 11 is 0. The molecule has 4 heteroatoms. The van der Waals surface area contributed by atoms with E-state index in [2.05, 4.69) is 52.4 Å². The van der Waals surface area contributed by atoms with Gasteiger partial charge in [0.1, 0.15) is 0 Å². The number of likely N-dealkylation sites (tertiary alicyclic amines) is 1. The lowest BCUT2D eigenvalue weighted by Gasteiger charge is -2.39. The number of nitrogens with one attached hydrogen (secondary N) is 1. The Morgan fingerprint density at radius 2 is 2.12 bits per heavy atom. The number of amides is 1. The molecular weight excluding hydrogens is 322 g/mol. The second-order valence-electron chi connectivity index (χ2n) is 8.00. The lowest BCUT2D eigenvalue weighted by Crippen LogP contribution is -2.50. The Morgan fingerprint density at radius 3 is 2.85 bits per heavy atom. The van der Waals surface area contributed by atoms with Gasteiger partial charge in [-0.25, -0.2) is 0 Å². The van der Waals surface area contributed by atoms with Crippen molar-refractivity contribution in [2.75, 3.05) is 32.7 Å². The van der Waals surface area contributed by atoms with Crippen molar-refractivity contribution in [2.45, 2.75) is 58.0 Å². The predicted octanol–water partition coefficient (Wildman–Crippen LogP) is 3.28. The van der Waals surface area contributed by atoms with E-state index >= 15 is 0 Å². The molecule has 2 saturated heterocycles. The molecule has 1 amide bonds.